The summed E-state index contributed by atoms with van der Waals surface area (Å²) in [4.78, 5) is 62.9. The van der Waals surface area contributed by atoms with E-state index in [0.717, 1.165) is 111 Å². The predicted octanol–water partition coefficient (Wildman–Crippen LogP) is 6.98. The first-order chi connectivity index (χ1) is 36.0. The molecule has 0 unspecified atom stereocenters. The number of nitriles is 1. The van der Waals surface area contributed by atoms with Crippen molar-refractivity contribution in [1.82, 2.24) is 45.5 Å². The highest BCUT2D eigenvalue weighted by atomic mass is 35.5. The van der Waals surface area contributed by atoms with Crippen LogP contribution in [-0.4, -0.2) is 161 Å². The average molecular weight is 1080 g/mol. The molecule has 1 saturated carbocycles. The SMILES string of the molecule is C=C(NC1C(C)(C)C(Oc2ccc(C#N)c(Cl)c2)C1(C)C)c1ccc(N2CCN(CCCN3CCN(CC(=O)N[C@H](C(=O)N4C[C@H](O)C[C@H]4C(=O)N[C@@H](C)c4ccc(-c5scnc5C)cc4)C(C)(C)C)CC3)CC2)nc1. The van der Waals surface area contributed by atoms with Crippen LogP contribution in [0.3, 0.4) is 0 Å². The van der Waals surface area contributed by atoms with Crippen LogP contribution in [0.5, 0.6) is 5.75 Å². The van der Waals surface area contributed by atoms with Crippen LogP contribution in [0, 0.1) is 34.5 Å². The summed E-state index contributed by atoms with van der Waals surface area (Å²) < 4.78 is 6.47. The van der Waals surface area contributed by atoms with Gasteiger partial charge in [0.1, 0.15) is 35.8 Å². The third kappa shape index (κ3) is 12.9. The number of anilines is 1. The molecule has 8 rings (SSSR count). The summed E-state index contributed by atoms with van der Waals surface area (Å²) in [5, 5.41) is 30.2. The van der Waals surface area contributed by atoms with Crippen molar-refractivity contribution in [1.29, 1.82) is 5.26 Å². The van der Waals surface area contributed by atoms with Gasteiger partial charge in [0.2, 0.25) is 17.7 Å². The molecule has 18 heteroatoms. The van der Waals surface area contributed by atoms with Gasteiger partial charge >= 0.3 is 0 Å². The Hall–Kier alpha value is -5.61. The molecule has 5 heterocycles. The van der Waals surface area contributed by atoms with Gasteiger partial charge in [-0.25, -0.2) is 9.97 Å². The fourth-order valence-electron chi connectivity index (χ4n) is 11.9. The lowest BCUT2D eigenvalue weighted by atomic mass is 9.49. The quantitative estimate of drug-likeness (QED) is 0.0802. The minimum absolute atomic E-state index is 0.0241. The average Bonchev–Trinajstić information content (AvgIpc) is 4.01. The highest BCUT2D eigenvalue weighted by molar-refractivity contribution is 7.13. The van der Waals surface area contributed by atoms with E-state index in [-0.39, 0.29) is 66.2 Å². The van der Waals surface area contributed by atoms with Crippen molar-refractivity contribution < 1.29 is 24.2 Å². The number of aromatic nitrogens is 2. The van der Waals surface area contributed by atoms with Gasteiger partial charge in [-0.05, 0) is 74.2 Å². The van der Waals surface area contributed by atoms with E-state index in [2.05, 4.69) is 93.0 Å². The zero-order chi connectivity index (χ0) is 54.7. The Kier molecular flexibility index (Phi) is 17.5. The second kappa shape index (κ2) is 23.6. The Morgan fingerprint density at radius 2 is 1.57 bits per heavy atom. The molecule has 0 spiro atoms. The number of hydrogen-bond donors (Lipinski definition) is 4. The molecule has 3 amide bonds. The lowest BCUT2D eigenvalue weighted by Crippen LogP contribution is -2.73. The third-order valence-corrected chi connectivity index (χ3v) is 17.4. The predicted molar refractivity (Wildman–Crippen MR) is 301 cm³/mol. The van der Waals surface area contributed by atoms with Gasteiger partial charge in [-0.2, -0.15) is 5.26 Å². The number of aryl methyl sites for hydroxylation is 1. The highest BCUT2D eigenvalue weighted by Crippen LogP contribution is 2.56. The second-order valence-electron chi connectivity index (χ2n) is 23.5. The summed E-state index contributed by atoms with van der Waals surface area (Å²) in [7, 11) is 0. The number of ether oxygens (including phenoxy) is 1. The van der Waals surface area contributed by atoms with Gasteiger partial charge in [0.15, 0.2) is 0 Å². The number of piperazine rings is 2. The topological polar surface area (TPSA) is 183 Å². The maximum absolute atomic E-state index is 14.3. The number of nitrogens with zero attached hydrogens (tertiary/aromatic N) is 8. The van der Waals surface area contributed by atoms with Crippen molar-refractivity contribution in [2.45, 2.75) is 112 Å². The number of benzene rings is 2. The van der Waals surface area contributed by atoms with E-state index in [1.165, 1.54) is 4.90 Å². The molecule has 0 radical (unpaired) electrons. The van der Waals surface area contributed by atoms with Crippen LogP contribution in [-0.2, 0) is 14.4 Å². The fourth-order valence-corrected chi connectivity index (χ4v) is 12.9. The number of carbonyl (C=O) groups excluding carboxylic acids is 3. The standard InChI is InChI=1S/C58H78ClN11O5S/c1-37(40-12-14-41(15-13-40)50-39(3)62-36-76-50)63-52(73)47-30-44(71)34-70(47)53(74)51(56(4,5)6)65-49(72)35-68-24-22-66(23-25-68)20-11-21-67-26-28-69(29-27-67)48-19-17-43(33-61-48)38(2)64-54-57(7,8)55(58(54,9)10)75-45-18-16-42(32-60)46(59)31-45/h12-19,31,33,36-37,44,47,51,54-55,64,71H,2,11,20-30,34-35H2,1,3-10H3,(H,63,73)(H,65,72)/t37-,44+,47-,51+,54?,55?/m0/s1. The molecule has 4 aliphatic rings. The Labute approximate surface area is 458 Å². The van der Waals surface area contributed by atoms with Crippen molar-refractivity contribution in [3.05, 3.63) is 100 Å². The van der Waals surface area contributed by atoms with Crippen molar-refractivity contribution in [2.24, 2.45) is 16.2 Å². The van der Waals surface area contributed by atoms with Crippen LogP contribution in [0.25, 0.3) is 16.1 Å². The number of thiazole rings is 1. The number of aliphatic hydroxyl groups excluding tert-OH is 1. The maximum Gasteiger partial charge on any atom is 0.246 e. The minimum Gasteiger partial charge on any atom is -0.489 e. The first-order valence-corrected chi connectivity index (χ1v) is 28.1. The van der Waals surface area contributed by atoms with Gasteiger partial charge in [-0.15, -0.1) is 11.3 Å². The van der Waals surface area contributed by atoms with Crippen LogP contribution in [0.15, 0.2) is 72.9 Å². The summed E-state index contributed by atoms with van der Waals surface area (Å²) in [5.74, 6) is 0.692. The van der Waals surface area contributed by atoms with Crippen LogP contribution in [0.2, 0.25) is 5.02 Å². The first-order valence-electron chi connectivity index (χ1n) is 26.8. The van der Waals surface area contributed by atoms with Crippen molar-refractivity contribution >= 4 is 52.2 Å². The fraction of sp³-hybridized carbons (Fsp3) is 0.552. The van der Waals surface area contributed by atoms with Gasteiger partial charge in [0.25, 0.3) is 0 Å². The summed E-state index contributed by atoms with van der Waals surface area (Å²) >= 11 is 7.89. The number of nitrogens with one attached hydrogen (secondary N) is 3. The minimum atomic E-state index is -0.881. The zero-order valence-electron chi connectivity index (χ0n) is 45.9. The third-order valence-electron chi connectivity index (χ3n) is 16.1. The number of hydrogen-bond acceptors (Lipinski definition) is 14. The van der Waals surface area contributed by atoms with E-state index in [1.54, 1.807) is 29.5 Å². The Morgan fingerprint density at radius 1 is 0.921 bits per heavy atom. The van der Waals surface area contributed by atoms with Crippen molar-refractivity contribution in [3.63, 3.8) is 0 Å². The van der Waals surface area contributed by atoms with Crippen LogP contribution >= 0.6 is 22.9 Å². The molecule has 2 aromatic heterocycles. The van der Waals surface area contributed by atoms with Gasteiger partial charge < -0.3 is 40.5 Å². The van der Waals surface area contributed by atoms with Gasteiger partial charge in [0.05, 0.1) is 45.4 Å². The van der Waals surface area contributed by atoms with Crippen molar-refractivity contribution in [3.8, 4) is 22.3 Å². The number of pyridine rings is 1. The van der Waals surface area contributed by atoms with E-state index in [9.17, 15) is 24.8 Å². The molecule has 16 nitrogen and oxygen atoms in total. The Morgan fingerprint density at radius 3 is 2.14 bits per heavy atom. The molecule has 4 N–H and O–H groups in total. The zero-order valence-corrected chi connectivity index (χ0v) is 47.4. The maximum atomic E-state index is 14.3. The van der Waals surface area contributed by atoms with Crippen LogP contribution in [0.4, 0.5) is 5.82 Å². The molecule has 0 bridgehead atoms. The molecule has 2 aromatic carbocycles. The second-order valence-corrected chi connectivity index (χ2v) is 24.8. The molecule has 3 saturated heterocycles. The normalized spacial score (nSPS) is 22.7. The number of likely N-dealkylation sites (tertiary alicyclic amines) is 1. The molecule has 408 valence electrons. The highest BCUT2D eigenvalue weighted by Gasteiger charge is 2.64. The number of aliphatic hydroxyl groups is 1. The smallest absolute Gasteiger partial charge is 0.246 e. The van der Waals surface area contributed by atoms with Gasteiger partial charge in [-0.1, -0.05) is 90.9 Å². The first kappa shape index (κ1) is 56.6. The molecule has 4 atom stereocenters. The number of halogens is 1. The Bertz CT molecular complexity index is 2720. The summed E-state index contributed by atoms with van der Waals surface area (Å²) in [6, 6.07) is 17.6. The lowest BCUT2D eigenvalue weighted by Gasteiger charge is -2.63. The van der Waals surface area contributed by atoms with E-state index in [1.807, 2.05) is 70.6 Å². The van der Waals surface area contributed by atoms with E-state index in [4.69, 9.17) is 21.3 Å². The molecular weight excluding hydrogens is 998 g/mol. The van der Waals surface area contributed by atoms with Crippen LogP contribution < -0.4 is 25.6 Å². The van der Waals surface area contributed by atoms with Crippen molar-refractivity contribution in [2.75, 3.05) is 83.4 Å². The largest absolute Gasteiger partial charge is 0.489 e. The number of rotatable bonds is 18. The monoisotopic (exact) mass is 1080 g/mol. The van der Waals surface area contributed by atoms with E-state index in [0.29, 0.717) is 16.3 Å². The molecule has 1 aliphatic carbocycles. The van der Waals surface area contributed by atoms with Gasteiger partial charge in [0, 0.05) is 106 Å². The van der Waals surface area contributed by atoms with E-state index < -0.39 is 23.6 Å². The van der Waals surface area contributed by atoms with Gasteiger partial charge in [-0.3, -0.25) is 24.2 Å². The van der Waals surface area contributed by atoms with E-state index >= 15 is 0 Å². The summed E-state index contributed by atoms with van der Waals surface area (Å²) in [6.07, 6.45) is 2.16. The molecule has 4 fully saturated rings. The molecule has 76 heavy (non-hydrogen) atoms. The van der Waals surface area contributed by atoms with Crippen LogP contribution in [0.1, 0.15) is 96.7 Å². The Balaban J connectivity index is 0.728. The lowest BCUT2D eigenvalue weighted by molar-refractivity contribution is -0.163. The number of β-amino-alcohol motifs (C(OH)–C–C–N with tert-alkyl or cyclic N) is 1. The molecule has 4 aromatic rings. The molecular formula is C58H78ClN11O5S. The number of amides is 3. The number of carbonyl (C=O) groups is 3. The molecule has 3 aliphatic heterocycles. The summed E-state index contributed by atoms with van der Waals surface area (Å²) in [6.45, 7) is 32.0. The summed E-state index contributed by atoms with van der Waals surface area (Å²) in [5.41, 5.74) is 5.92.